The van der Waals surface area contributed by atoms with E-state index in [4.69, 9.17) is 23.2 Å². The summed E-state index contributed by atoms with van der Waals surface area (Å²) in [6.07, 6.45) is 3.34. The number of carbonyl (C=O) groups is 1. The van der Waals surface area contributed by atoms with Gasteiger partial charge < -0.3 is 14.9 Å². The molecule has 1 N–H and O–H groups in total. The highest BCUT2D eigenvalue weighted by molar-refractivity contribution is 6.42. The number of anilines is 2. The van der Waals surface area contributed by atoms with Gasteiger partial charge in [0.25, 0.3) is 0 Å². The van der Waals surface area contributed by atoms with E-state index in [1.165, 1.54) is 6.20 Å². The van der Waals surface area contributed by atoms with E-state index >= 15 is 0 Å². The van der Waals surface area contributed by atoms with Crippen molar-refractivity contribution in [2.24, 2.45) is 0 Å². The Bertz CT molecular complexity index is 923. The molecule has 0 unspecified atom stereocenters. The second-order valence-corrected chi connectivity index (χ2v) is 8.47. The van der Waals surface area contributed by atoms with Crippen LogP contribution in [0.4, 0.5) is 11.5 Å². The number of aromatic nitrogens is 1. The second-order valence-electron chi connectivity index (χ2n) is 7.66. The average Bonchev–Trinajstić information content (AvgIpc) is 3.38. The summed E-state index contributed by atoms with van der Waals surface area (Å²) in [6.45, 7) is 2.41. The monoisotopic (exact) mass is 418 g/mol. The van der Waals surface area contributed by atoms with Gasteiger partial charge in [0.1, 0.15) is 11.6 Å². The molecule has 2 bridgehead atoms. The van der Waals surface area contributed by atoms with Gasteiger partial charge in [-0.05, 0) is 43.2 Å². The van der Waals surface area contributed by atoms with Crippen LogP contribution in [0.25, 0.3) is 0 Å². The summed E-state index contributed by atoms with van der Waals surface area (Å²) in [4.78, 5) is 23.9. The van der Waals surface area contributed by atoms with Crippen molar-refractivity contribution in [3.63, 3.8) is 0 Å². The minimum absolute atomic E-state index is 0.0839. The first-order chi connectivity index (χ1) is 13.5. The molecular formula is C20H20Cl2N4O2. The number of aromatic hydroxyl groups is 1. The molecule has 0 radical (unpaired) electrons. The topological polar surface area (TPSA) is 59.9 Å². The molecule has 5 rings (SSSR count). The zero-order chi connectivity index (χ0) is 19.4. The molecule has 4 heterocycles. The molecule has 1 amide bonds. The molecule has 3 aliphatic heterocycles. The summed E-state index contributed by atoms with van der Waals surface area (Å²) in [5.41, 5.74) is 0.807. The number of likely N-dealkylation sites (tertiary alicyclic amines) is 1. The van der Waals surface area contributed by atoms with Gasteiger partial charge in [0.05, 0.1) is 22.3 Å². The van der Waals surface area contributed by atoms with Crippen LogP contribution >= 0.6 is 23.2 Å². The summed E-state index contributed by atoms with van der Waals surface area (Å²) in [6, 6.07) is 9.49. The Hall–Kier alpha value is -2.02. The van der Waals surface area contributed by atoms with Crippen molar-refractivity contribution in [3.05, 3.63) is 46.6 Å². The first kappa shape index (κ1) is 18.0. The van der Waals surface area contributed by atoms with Crippen LogP contribution in [0, 0.1) is 0 Å². The van der Waals surface area contributed by atoms with Crippen molar-refractivity contribution < 1.29 is 9.90 Å². The fraction of sp³-hybridized carbons (Fsp3) is 0.400. The van der Waals surface area contributed by atoms with Crippen LogP contribution < -0.4 is 9.80 Å². The zero-order valence-corrected chi connectivity index (χ0v) is 16.6. The van der Waals surface area contributed by atoms with Gasteiger partial charge >= 0.3 is 0 Å². The van der Waals surface area contributed by atoms with Gasteiger partial charge in [-0.1, -0.05) is 23.2 Å². The van der Waals surface area contributed by atoms with Crippen molar-refractivity contribution in [3.8, 4) is 5.75 Å². The zero-order valence-electron chi connectivity index (χ0n) is 15.1. The lowest BCUT2D eigenvalue weighted by molar-refractivity contribution is -0.122. The molecule has 0 saturated carbocycles. The highest BCUT2D eigenvalue weighted by atomic mass is 35.5. The molecule has 3 saturated heterocycles. The highest BCUT2D eigenvalue weighted by Gasteiger charge is 2.49. The lowest BCUT2D eigenvalue weighted by atomic mass is 10.1. The van der Waals surface area contributed by atoms with E-state index in [1.54, 1.807) is 18.2 Å². The first-order valence-electron chi connectivity index (χ1n) is 9.45. The van der Waals surface area contributed by atoms with Crippen LogP contribution in [-0.2, 0) is 4.79 Å². The van der Waals surface area contributed by atoms with Crippen LogP contribution in [0.15, 0.2) is 36.5 Å². The fourth-order valence-electron chi connectivity index (χ4n) is 4.79. The van der Waals surface area contributed by atoms with Crippen LogP contribution in [0.3, 0.4) is 0 Å². The molecule has 3 aliphatic rings. The predicted molar refractivity (Wildman–Crippen MR) is 109 cm³/mol. The lowest BCUT2D eigenvalue weighted by Gasteiger charge is -2.37. The second kappa shape index (κ2) is 6.79. The number of hydrogen-bond acceptors (Lipinski definition) is 5. The van der Waals surface area contributed by atoms with E-state index in [2.05, 4.69) is 14.8 Å². The number of halogens is 2. The number of rotatable bonds is 3. The third-order valence-corrected chi connectivity index (χ3v) is 6.84. The summed E-state index contributed by atoms with van der Waals surface area (Å²) in [7, 11) is 0. The van der Waals surface area contributed by atoms with Crippen LogP contribution in [0.5, 0.6) is 5.75 Å². The number of nitrogens with zero attached hydrogens (tertiary/aromatic N) is 4. The average molecular weight is 419 g/mol. The summed E-state index contributed by atoms with van der Waals surface area (Å²) in [5, 5.41) is 10.4. The molecule has 0 spiro atoms. The maximum Gasteiger partial charge on any atom is 0.244 e. The van der Waals surface area contributed by atoms with Crippen molar-refractivity contribution in [2.45, 2.75) is 31.0 Å². The van der Waals surface area contributed by atoms with E-state index in [1.807, 2.05) is 17.0 Å². The van der Waals surface area contributed by atoms with Gasteiger partial charge in [0, 0.05) is 37.4 Å². The summed E-state index contributed by atoms with van der Waals surface area (Å²) < 4.78 is 0. The number of benzene rings is 1. The molecule has 1 aromatic carbocycles. The van der Waals surface area contributed by atoms with E-state index in [9.17, 15) is 9.90 Å². The molecule has 146 valence electrons. The smallest absolute Gasteiger partial charge is 0.244 e. The quantitative estimate of drug-likeness (QED) is 0.829. The molecule has 3 atom stereocenters. The van der Waals surface area contributed by atoms with Crippen LogP contribution in [0.1, 0.15) is 12.8 Å². The maximum atomic E-state index is 13.1. The number of piperazine rings is 1. The number of fused-ring (bicyclic) bond motifs is 2. The number of pyridine rings is 1. The Balaban J connectivity index is 1.29. The van der Waals surface area contributed by atoms with E-state index in [-0.39, 0.29) is 17.7 Å². The Morgan fingerprint density at radius 3 is 2.61 bits per heavy atom. The number of hydrogen-bond donors (Lipinski definition) is 1. The van der Waals surface area contributed by atoms with Crippen molar-refractivity contribution in [1.29, 1.82) is 0 Å². The van der Waals surface area contributed by atoms with Gasteiger partial charge in [-0.2, -0.15) is 0 Å². The Morgan fingerprint density at radius 1 is 1.07 bits per heavy atom. The standard InChI is InChI=1S/C20H20Cl2N4O2/c21-16-3-1-12(8-17(16)22)24-6-5-18(20(24)28)25-10-14-7-13(25)11-26(14)19-4-2-15(27)9-23-19/h1-4,8-9,13-14,18,27H,5-7,10-11H2/t13-,14-,18+/m0/s1. The highest BCUT2D eigenvalue weighted by Crippen LogP contribution is 2.38. The molecule has 1 aromatic heterocycles. The van der Waals surface area contributed by atoms with Gasteiger partial charge in [-0.15, -0.1) is 0 Å². The molecule has 8 heteroatoms. The minimum Gasteiger partial charge on any atom is -0.506 e. The van der Waals surface area contributed by atoms with Gasteiger partial charge in [-0.3, -0.25) is 9.69 Å². The Kier molecular flexibility index (Phi) is 4.38. The van der Waals surface area contributed by atoms with E-state index in [0.717, 1.165) is 37.4 Å². The first-order valence-corrected chi connectivity index (χ1v) is 10.2. The third kappa shape index (κ3) is 2.91. The van der Waals surface area contributed by atoms with Gasteiger partial charge in [-0.25, -0.2) is 4.98 Å². The lowest BCUT2D eigenvalue weighted by Crippen LogP contribution is -2.53. The molecule has 6 nitrogen and oxygen atoms in total. The largest absolute Gasteiger partial charge is 0.506 e. The van der Waals surface area contributed by atoms with Crippen molar-refractivity contribution >= 4 is 40.6 Å². The van der Waals surface area contributed by atoms with Gasteiger partial charge in [0.2, 0.25) is 5.91 Å². The number of carbonyl (C=O) groups excluding carboxylic acids is 1. The molecular weight excluding hydrogens is 399 g/mol. The number of amides is 1. The summed E-state index contributed by atoms with van der Waals surface area (Å²) in [5.74, 6) is 1.20. The van der Waals surface area contributed by atoms with Crippen molar-refractivity contribution in [1.82, 2.24) is 9.88 Å². The summed E-state index contributed by atoms with van der Waals surface area (Å²) >= 11 is 12.1. The minimum atomic E-state index is -0.0839. The SMILES string of the molecule is O=C1[C@H](N2C[C@@H]3C[C@H]2CN3c2ccc(O)cn2)CCN1c1ccc(Cl)c(Cl)c1. The van der Waals surface area contributed by atoms with E-state index < -0.39 is 0 Å². The van der Waals surface area contributed by atoms with Crippen LogP contribution in [-0.4, -0.2) is 58.7 Å². The Morgan fingerprint density at radius 2 is 1.93 bits per heavy atom. The van der Waals surface area contributed by atoms with Gasteiger partial charge in [0.15, 0.2) is 0 Å². The van der Waals surface area contributed by atoms with Crippen molar-refractivity contribution in [2.75, 3.05) is 29.4 Å². The molecule has 0 aliphatic carbocycles. The maximum absolute atomic E-state index is 13.1. The fourth-order valence-corrected chi connectivity index (χ4v) is 5.08. The normalized spacial score (nSPS) is 27.2. The third-order valence-electron chi connectivity index (χ3n) is 6.10. The molecule has 3 fully saturated rings. The van der Waals surface area contributed by atoms with Crippen LogP contribution in [0.2, 0.25) is 10.0 Å². The Labute approximate surface area is 173 Å². The predicted octanol–water partition coefficient (Wildman–Crippen LogP) is 3.16. The molecule has 28 heavy (non-hydrogen) atoms. The van der Waals surface area contributed by atoms with E-state index in [0.29, 0.717) is 28.7 Å². The molecule has 2 aromatic rings.